The van der Waals surface area contributed by atoms with E-state index in [-0.39, 0.29) is 0 Å². The minimum Gasteiger partial charge on any atom is -0.233 e. The van der Waals surface area contributed by atoms with Crippen LogP contribution in [0.15, 0.2) is 11.0 Å². The van der Waals surface area contributed by atoms with Crippen LogP contribution in [0, 0.1) is 0 Å². The van der Waals surface area contributed by atoms with E-state index < -0.39 is 36.2 Å². The Bertz CT molecular complexity index is 491. The monoisotopic (exact) mass is 295 g/mol. The van der Waals surface area contributed by atoms with Crippen LogP contribution >= 0.6 is 33.9 Å². The molecule has 0 aliphatic carbocycles. The summed E-state index contributed by atoms with van der Waals surface area (Å²) in [5.74, 6) is 0. The Kier molecular flexibility index (Phi) is 3.76. The minimum atomic E-state index is -4.23. The minimum absolute atomic E-state index is 0.422. The molecule has 1 aromatic heterocycles. The van der Waals surface area contributed by atoms with Crippen molar-refractivity contribution >= 4 is 42.9 Å². The molecule has 1 rings (SSSR count). The molecular formula is C6H2Cl3F2NO2S. The van der Waals surface area contributed by atoms with Gasteiger partial charge in [0, 0.05) is 10.7 Å². The van der Waals surface area contributed by atoms with Crippen LogP contribution in [0.1, 0.15) is 12.1 Å². The van der Waals surface area contributed by atoms with Crippen molar-refractivity contribution in [3.05, 3.63) is 21.9 Å². The van der Waals surface area contributed by atoms with Crippen molar-refractivity contribution in [3.8, 4) is 0 Å². The van der Waals surface area contributed by atoms with Gasteiger partial charge in [-0.15, -0.1) is 0 Å². The van der Waals surface area contributed by atoms with Gasteiger partial charge >= 0.3 is 0 Å². The number of halogens is 5. The van der Waals surface area contributed by atoms with E-state index in [2.05, 4.69) is 4.98 Å². The number of aromatic nitrogens is 1. The van der Waals surface area contributed by atoms with Crippen LogP contribution in [-0.2, 0) is 9.05 Å². The van der Waals surface area contributed by atoms with Crippen LogP contribution in [0.5, 0.6) is 0 Å². The van der Waals surface area contributed by atoms with E-state index >= 15 is 0 Å². The van der Waals surface area contributed by atoms with E-state index in [1.165, 1.54) is 0 Å². The second-order valence-electron chi connectivity index (χ2n) is 2.38. The summed E-state index contributed by atoms with van der Waals surface area (Å²) in [6.45, 7) is 0. The Balaban J connectivity index is 3.56. The maximum Gasteiger partial charge on any atom is 0.281 e. The molecule has 0 aliphatic heterocycles. The fraction of sp³-hybridized carbons (Fsp3) is 0.167. The van der Waals surface area contributed by atoms with Gasteiger partial charge in [-0.1, -0.05) is 23.2 Å². The Labute approximate surface area is 98.4 Å². The topological polar surface area (TPSA) is 47.0 Å². The molecule has 0 saturated carbocycles. The number of hydrogen-bond acceptors (Lipinski definition) is 3. The molecule has 1 aromatic rings. The van der Waals surface area contributed by atoms with E-state index in [0.29, 0.717) is 0 Å². The van der Waals surface area contributed by atoms with Gasteiger partial charge in [0.15, 0.2) is 0 Å². The van der Waals surface area contributed by atoms with Crippen LogP contribution < -0.4 is 0 Å². The lowest BCUT2D eigenvalue weighted by Gasteiger charge is -2.06. The van der Waals surface area contributed by atoms with Crippen molar-refractivity contribution in [2.75, 3.05) is 0 Å². The zero-order valence-corrected chi connectivity index (χ0v) is 9.80. The lowest BCUT2D eigenvalue weighted by Crippen LogP contribution is -2.00. The van der Waals surface area contributed by atoms with Crippen molar-refractivity contribution in [1.82, 2.24) is 4.98 Å². The van der Waals surface area contributed by atoms with Crippen LogP contribution in [-0.4, -0.2) is 13.4 Å². The van der Waals surface area contributed by atoms with E-state index in [1.807, 2.05) is 0 Å². The number of nitrogens with zero attached hydrogens (tertiary/aromatic N) is 1. The predicted molar refractivity (Wildman–Crippen MR) is 52.3 cm³/mol. The molecule has 0 saturated heterocycles. The van der Waals surface area contributed by atoms with Gasteiger partial charge in [0.2, 0.25) is 0 Å². The van der Waals surface area contributed by atoms with Gasteiger partial charge in [-0.25, -0.2) is 22.2 Å². The van der Waals surface area contributed by atoms with Crippen molar-refractivity contribution in [3.63, 3.8) is 0 Å². The van der Waals surface area contributed by atoms with Crippen LogP contribution in [0.3, 0.4) is 0 Å². The maximum absolute atomic E-state index is 12.3. The quantitative estimate of drug-likeness (QED) is 0.621. The van der Waals surface area contributed by atoms with E-state index in [1.54, 1.807) is 0 Å². The fourth-order valence-corrected chi connectivity index (χ4v) is 2.62. The van der Waals surface area contributed by atoms with Crippen LogP contribution in [0.2, 0.25) is 10.2 Å². The molecule has 0 bridgehead atoms. The van der Waals surface area contributed by atoms with E-state index in [9.17, 15) is 17.2 Å². The van der Waals surface area contributed by atoms with Crippen LogP contribution in [0.4, 0.5) is 8.78 Å². The smallest absolute Gasteiger partial charge is 0.233 e. The highest BCUT2D eigenvalue weighted by molar-refractivity contribution is 8.13. The van der Waals surface area contributed by atoms with Gasteiger partial charge in [0.05, 0.1) is 5.02 Å². The maximum atomic E-state index is 12.3. The summed E-state index contributed by atoms with van der Waals surface area (Å²) in [6, 6.07) is 0.804. The molecule has 0 amide bonds. The van der Waals surface area contributed by atoms with Crippen molar-refractivity contribution in [2.45, 2.75) is 11.3 Å². The average Bonchev–Trinajstić information content (AvgIpc) is 2.06. The third-order valence-electron chi connectivity index (χ3n) is 1.39. The predicted octanol–water partition coefficient (Wildman–Crippen LogP) is 3.25. The van der Waals surface area contributed by atoms with Gasteiger partial charge in [-0.05, 0) is 6.07 Å². The molecule has 0 aliphatic rings. The molecule has 0 N–H and O–H groups in total. The normalized spacial score (nSPS) is 12.1. The second kappa shape index (κ2) is 4.37. The summed E-state index contributed by atoms with van der Waals surface area (Å²) in [7, 11) is 0.739. The molecule has 0 aromatic carbocycles. The van der Waals surface area contributed by atoms with Gasteiger partial charge in [0.1, 0.15) is 15.7 Å². The van der Waals surface area contributed by atoms with Crippen molar-refractivity contribution < 1.29 is 17.2 Å². The molecule has 0 fully saturated rings. The van der Waals surface area contributed by atoms with Crippen molar-refractivity contribution in [2.24, 2.45) is 0 Å². The fourth-order valence-electron chi connectivity index (χ4n) is 0.816. The standard InChI is InChI=1S/C6H2Cl3F2NO2S/c7-3-1-2(15(9,13)14)4(8)5(12-3)6(10)11/h1,6H. The Morgan fingerprint density at radius 2 is 1.87 bits per heavy atom. The first-order chi connectivity index (χ1) is 6.73. The Morgan fingerprint density at radius 3 is 2.27 bits per heavy atom. The largest absolute Gasteiger partial charge is 0.281 e. The van der Waals surface area contributed by atoms with E-state index in [4.69, 9.17) is 33.9 Å². The number of hydrogen-bond donors (Lipinski definition) is 0. The molecule has 0 spiro atoms. The second-order valence-corrected chi connectivity index (χ2v) is 5.68. The molecule has 0 atom stereocenters. The highest BCUT2D eigenvalue weighted by Gasteiger charge is 2.24. The summed E-state index contributed by atoms with van der Waals surface area (Å²) < 4.78 is 46.5. The number of pyridine rings is 1. The van der Waals surface area contributed by atoms with E-state index in [0.717, 1.165) is 6.07 Å². The third-order valence-corrected chi connectivity index (χ3v) is 3.44. The first-order valence-electron chi connectivity index (χ1n) is 3.32. The highest BCUT2D eigenvalue weighted by atomic mass is 35.7. The molecule has 84 valence electrons. The molecule has 15 heavy (non-hydrogen) atoms. The molecule has 9 heteroatoms. The van der Waals surface area contributed by atoms with Crippen molar-refractivity contribution in [1.29, 1.82) is 0 Å². The average molecular weight is 297 g/mol. The summed E-state index contributed by atoms with van der Waals surface area (Å²) in [5, 5.41) is -1.14. The molecule has 3 nitrogen and oxygen atoms in total. The number of alkyl halides is 2. The summed E-state index contributed by atoms with van der Waals surface area (Å²) in [4.78, 5) is 2.53. The summed E-state index contributed by atoms with van der Waals surface area (Å²) in [5.41, 5.74) is -0.914. The lowest BCUT2D eigenvalue weighted by atomic mass is 10.3. The van der Waals surface area contributed by atoms with Gasteiger partial charge in [-0.2, -0.15) is 0 Å². The first-order valence-corrected chi connectivity index (χ1v) is 6.38. The Hall–Kier alpha value is -0.170. The summed E-state index contributed by atoms with van der Waals surface area (Å²) in [6.07, 6.45) is -3.03. The molecule has 0 radical (unpaired) electrons. The third kappa shape index (κ3) is 2.90. The zero-order valence-electron chi connectivity index (χ0n) is 6.72. The molecule has 1 heterocycles. The van der Waals surface area contributed by atoms with Gasteiger partial charge in [0.25, 0.3) is 15.5 Å². The highest BCUT2D eigenvalue weighted by Crippen LogP contribution is 2.34. The first kappa shape index (κ1) is 12.9. The summed E-state index contributed by atoms with van der Waals surface area (Å²) >= 11 is 10.7. The molecule has 0 unspecified atom stereocenters. The lowest BCUT2D eigenvalue weighted by molar-refractivity contribution is 0.146. The SMILES string of the molecule is O=S(=O)(Cl)c1cc(Cl)nc(C(F)F)c1Cl. The zero-order chi connectivity index (χ0) is 11.8. The van der Waals surface area contributed by atoms with Gasteiger partial charge in [-0.3, -0.25) is 0 Å². The number of rotatable bonds is 2. The Morgan fingerprint density at radius 1 is 1.33 bits per heavy atom. The van der Waals surface area contributed by atoms with Gasteiger partial charge < -0.3 is 0 Å². The molecular weight excluding hydrogens is 294 g/mol. The van der Waals surface area contributed by atoms with Crippen LogP contribution in [0.25, 0.3) is 0 Å².